The van der Waals surface area contributed by atoms with Gasteiger partial charge in [-0.1, -0.05) is 25.0 Å². The van der Waals surface area contributed by atoms with Crippen LogP contribution < -0.4 is 5.32 Å². The van der Waals surface area contributed by atoms with Gasteiger partial charge in [-0.3, -0.25) is 4.98 Å². The summed E-state index contributed by atoms with van der Waals surface area (Å²) >= 11 is 1.93. The standard InChI is InChI=1S/C15H21N3S/c1-19-11-7-3-2-6-10-16-15-12-17-13-8-4-5-9-14(13)18-15/h4-5,8-9,12H,2-3,6-7,10-11H2,1H3,(H,16,18). The molecule has 0 atom stereocenters. The molecule has 102 valence electrons. The number of hydrogen-bond acceptors (Lipinski definition) is 4. The zero-order chi connectivity index (χ0) is 13.3. The van der Waals surface area contributed by atoms with Crippen LogP contribution in [0.4, 0.5) is 5.82 Å². The summed E-state index contributed by atoms with van der Waals surface area (Å²) in [5.74, 6) is 2.16. The number of aromatic nitrogens is 2. The second-order valence-corrected chi connectivity index (χ2v) is 5.56. The number of hydrogen-bond donors (Lipinski definition) is 1. The summed E-state index contributed by atoms with van der Waals surface area (Å²) in [6.07, 6.45) is 9.12. The molecule has 19 heavy (non-hydrogen) atoms. The summed E-state index contributed by atoms with van der Waals surface area (Å²) < 4.78 is 0. The summed E-state index contributed by atoms with van der Waals surface area (Å²) in [6, 6.07) is 7.96. The molecule has 0 aliphatic carbocycles. The Morgan fingerprint density at radius 2 is 1.84 bits per heavy atom. The molecule has 0 saturated heterocycles. The largest absolute Gasteiger partial charge is 0.369 e. The first-order valence-electron chi connectivity index (χ1n) is 6.85. The van der Waals surface area contributed by atoms with E-state index in [2.05, 4.69) is 21.5 Å². The Morgan fingerprint density at radius 1 is 1.05 bits per heavy atom. The molecule has 1 aromatic heterocycles. The minimum absolute atomic E-state index is 0.878. The molecule has 0 aliphatic heterocycles. The number of unbranched alkanes of at least 4 members (excludes halogenated alkanes) is 3. The van der Waals surface area contributed by atoms with Gasteiger partial charge in [0, 0.05) is 6.54 Å². The molecule has 1 aromatic carbocycles. The van der Waals surface area contributed by atoms with Gasteiger partial charge in [0.2, 0.25) is 0 Å². The van der Waals surface area contributed by atoms with Gasteiger partial charge in [-0.2, -0.15) is 11.8 Å². The number of benzene rings is 1. The van der Waals surface area contributed by atoms with Gasteiger partial charge in [-0.25, -0.2) is 4.98 Å². The number of fused-ring (bicyclic) bond motifs is 1. The Labute approximate surface area is 119 Å². The molecule has 3 nitrogen and oxygen atoms in total. The van der Waals surface area contributed by atoms with E-state index in [0.29, 0.717) is 0 Å². The van der Waals surface area contributed by atoms with Gasteiger partial charge in [-0.15, -0.1) is 0 Å². The molecule has 0 amide bonds. The molecule has 0 radical (unpaired) electrons. The summed E-state index contributed by atoms with van der Waals surface area (Å²) in [7, 11) is 0. The predicted molar refractivity (Wildman–Crippen MR) is 84.9 cm³/mol. The maximum Gasteiger partial charge on any atom is 0.145 e. The van der Waals surface area contributed by atoms with Crippen LogP contribution in [0.2, 0.25) is 0 Å². The van der Waals surface area contributed by atoms with E-state index in [-0.39, 0.29) is 0 Å². The second-order valence-electron chi connectivity index (χ2n) is 4.58. The van der Waals surface area contributed by atoms with Crippen molar-refractivity contribution in [1.29, 1.82) is 0 Å². The molecule has 0 aliphatic rings. The highest BCUT2D eigenvalue weighted by Gasteiger charge is 1.98. The summed E-state index contributed by atoms with van der Waals surface area (Å²) in [6.45, 7) is 0.978. The van der Waals surface area contributed by atoms with Crippen molar-refractivity contribution >= 4 is 28.6 Å². The van der Waals surface area contributed by atoms with E-state index in [4.69, 9.17) is 0 Å². The monoisotopic (exact) mass is 275 g/mol. The predicted octanol–water partition coefficient (Wildman–Crippen LogP) is 3.97. The van der Waals surface area contributed by atoms with E-state index in [1.54, 1.807) is 0 Å². The molecule has 0 unspecified atom stereocenters. The van der Waals surface area contributed by atoms with Crippen LogP contribution >= 0.6 is 11.8 Å². The van der Waals surface area contributed by atoms with E-state index in [9.17, 15) is 0 Å². The van der Waals surface area contributed by atoms with Gasteiger partial charge in [-0.05, 0) is 37.0 Å². The maximum atomic E-state index is 4.55. The Balaban J connectivity index is 1.72. The van der Waals surface area contributed by atoms with Crippen molar-refractivity contribution < 1.29 is 0 Å². The summed E-state index contributed by atoms with van der Waals surface area (Å²) in [4.78, 5) is 8.94. The highest BCUT2D eigenvalue weighted by molar-refractivity contribution is 7.98. The smallest absolute Gasteiger partial charge is 0.145 e. The van der Waals surface area contributed by atoms with Gasteiger partial charge < -0.3 is 5.32 Å². The molecule has 1 N–H and O–H groups in total. The fraction of sp³-hybridized carbons (Fsp3) is 0.467. The topological polar surface area (TPSA) is 37.8 Å². The van der Waals surface area contributed by atoms with Crippen molar-refractivity contribution in [3.63, 3.8) is 0 Å². The molecule has 0 fully saturated rings. The normalized spacial score (nSPS) is 10.8. The van der Waals surface area contributed by atoms with Crippen molar-refractivity contribution in [3.8, 4) is 0 Å². The third-order valence-corrected chi connectivity index (χ3v) is 3.73. The highest BCUT2D eigenvalue weighted by atomic mass is 32.2. The minimum Gasteiger partial charge on any atom is -0.369 e. The van der Waals surface area contributed by atoms with Crippen LogP contribution in [0.15, 0.2) is 30.5 Å². The first kappa shape index (κ1) is 14.1. The number of anilines is 1. The summed E-state index contributed by atoms with van der Waals surface area (Å²) in [5.41, 5.74) is 1.90. The lowest BCUT2D eigenvalue weighted by atomic mass is 10.2. The van der Waals surface area contributed by atoms with Gasteiger partial charge >= 0.3 is 0 Å². The average Bonchev–Trinajstić information content (AvgIpc) is 2.46. The van der Waals surface area contributed by atoms with Gasteiger partial charge in [0.25, 0.3) is 0 Å². The third-order valence-electron chi connectivity index (χ3n) is 3.03. The van der Waals surface area contributed by atoms with Gasteiger partial charge in [0.15, 0.2) is 0 Å². The van der Waals surface area contributed by atoms with E-state index < -0.39 is 0 Å². The molecule has 0 bridgehead atoms. The zero-order valence-electron chi connectivity index (χ0n) is 11.4. The quantitative estimate of drug-likeness (QED) is 0.740. The molecular formula is C15H21N3S. The molecule has 4 heteroatoms. The minimum atomic E-state index is 0.878. The Kier molecular flexibility index (Phi) is 5.95. The Morgan fingerprint density at radius 3 is 2.68 bits per heavy atom. The van der Waals surface area contributed by atoms with Gasteiger partial charge in [0.05, 0.1) is 17.2 Å². The first-order chi connectivity index (χ1) is 9.40. The average molecular weight is 275 g/mol. The van der Waals surface area contributed by atoms with Crippen LogP contribution in [0.5, 0.6) is 0 Å². The lowest BCUT2D eigenvalue weighted by Crippen LogP contribution is -2.04. The van der Waals surface area contributed by atoms with Crippen molar-refractivity contribution in [2.45, 2.75) is 25.7 Å². The Bertz CT molecular complexity index is 501. The molecule has 0 spiro atoms. The molecule has 2 rings (SSSR count). The van der Waals surface area contributed by atoms with Crippen LogP contribution in [-0.4, -0.2) is 28.5 Å². The van der Waals surface area contributed by atoms with Crippen molar-refractivity contribution in [3.05, 3.63) is 30.5 Å². The lowest BCUT2D eigenvalue weighted by molar-refractivity contribution is 0.688. The van der Waals surface area contributed by atoms with Crippen molar-refractivity contribution in [2.24, 2.45) is 0 Å². The van der Waals surface area contributed by atoms with Crippen LogP contribution in [0.25, 0.3) is 11.0 Å². The lowest BCUT2D eigenvalue weighted by Gasteiger charge is -2.06. The number of rotatable bonds is 8. The summed E-state index contributed by atoms with van der Waals surface area (Å²) in [5, 5.41) is 3.35. The van der Waals surface area contributed by atoms with E-state index in [1.807, 2.05) is 42.2 Å². The fourth-order valence-corrected chi connectivity index (χ4v) is 2.48. The fourth-order valence-electron chi connectivity index (χ4n) is 1.98. The molecule has 1 heterocycles. The van der Waals surface area contributed by atoms with Crippen LogP contribution in [0, 0.1) is 0 Å². The SMILES string of the molecule is CSCCCCCCNc1cnc2ccccc2n1. The number of nitrogens with zero attached hydrogens (tertiary/aromatic N) is 2. The maximum absolute atomic E-state index is 4.55. The van der Waals surface area contributed by atoms with Crippen LogP contribution in [0.1, 0.15) is 25.7 Å². The molecule has 0 saturated carbocycles. The molecular weight excluding hydrogens is 254 g/mol. The van der Waals surface area contributed by atoms with E-state index in [0.717, 1.165) is 23.4 Å². The van der Waals surface area contributed by atoms with Crippen molar-refractivity contribution in [1.82, 2.24) is 9.97 Å². The number of para-hydroxylation sites is 2. The Hall–Kier alpha value is -1.29. The van der Waals surface area contributed by atoms with E-state index >= 15 is 0 Å². The first-order valence-corrected chi connectivity index (χ1v) is 8.24. The van der Waals surface area contributed by atoms with Crippen LogP contribution in [-0.2, 0) is 0 Å². The second kappa shape index (κ2) is 8.00. The highest BCUT2D eigenvalue weighted by Crippen LogP contribution is 2.11. The number of thioether (sulfide) groups is 1. The number of nitrogens with one attached hydrogen (secondary N) is 1. The zero-order valence-corrected chi connectivity index (χ0v) is 12.2. The molecule has 2 aromatic rings. The third kappa shape index (κ3) is 4.71. The van der Waals surface area contributed by atoms with Crippen LogP contribution in [0.3, 0.4) is 0 Å². The van der Waals surface area contributed by atoms with Gasteiger partial charge in [0.1, 0.15) is 5.82 Å². The van der Waals surface area contributed by atoms with Crippen molar-refractivity contribution in [2.75, 3.05) is 23.9 Å². The van der Waals surface area contributed by atoms with E-state index in [1.165, 1.54) is 31.4 Å².